The number of benzene rings is 2. The summed E-state index contributed by atoms with van der Waals surface area (Å²) in [6, 6.07) is 14.9. The number of carbonyl (C=O) groups is 1. The first-order chi connectivity index (χ1) is 15.1. The number of carbonyl (C=O) groups excluding carboxylic acids is 1. The highest BCUT2D eigenvalue weighted by Crippen LogP contribution is 2.42. The zero-order valence-electron chi connectivity index (χ0n) is 16.0. The minimum Gasteiger partial charge on any atom is -0.456 e. The van der Waals surface area contributed by atoms with E-state index in [1.807, 2.05) is 48.5 Å². The number of para-hydroxylation sites is 2. The molecule has 0 aliphatic carbocycles. The topological polar surface area (TPSA) is 136 Å². The van der Waals surface area contributed by atoms with Crippen LogP contribution in [0, 0.1) is 0 Å². The summed E-state index contributed by atoms with van der Waals surface area (Å²) in [4.78, 5) is 36.4. The molecule has 2 aromatic heterocycles. The molecule has 0 amide bonds. The Hall–Kier alpha value is -4.40. The molecule has 0 saturated carbocycles. The monoisotopic (exact) mass is 413 g/mol. The Morgan fingerprint density at radius 3 is 2.65 bits per heavy atom. The molecule has 0 fully saturated rings. The Bertz CT molecular complexity index is 1430. The number of cyclic esters (lactones) is 1. The molecule has 2 aliphatic rings. The number of nitrogens with zero attached hydrogens (tertiary/aromatic N) is 2. The SMILES string of the molecule is Nc1nc2c(c(=O)[nH]1)C(c1ccc(-c3nc4ccccc4o3)cc1)C1=C(COC1=O)N2. The van der Waals surface area contributed by atoms with Gasteiger partial charge in [-0.2, -0.15) is 4.98 Å². The van der Waals surface area contributed by atoms with Gasteiger partial charge in [0, 0.05) is 5.56 Å². The molecule has 1 atom stereocenters. The molecule has 6 rings (SSSR count). The molecular weight excluding hydrogens is 398 g/mol. The fraction of sp³-hybridized carbons (Fsp3) is 0.0909. The zero-order chi connectivity index (χ0) is 21.1. The van der Waals surface area contributed by atoms with Gasteiger partial charge in [0.1, 0.15) is 17.9 Å². The van der Waals surface area contributed by atoms with Crippen molar-refractivity contribution in [2.24, 2.45) is 0 Å². The van der Waals surface area contributed by atoms with E-state index < -0.39 is 17.4 Å². The molecular formula is C22H15N5O4. The van der Waals surface area contributed by atoms with Gasteiger partial charge in [0.2, 0.25) is 11.8 Å². The van der Waals surface area contributed by atoms with Crippen LogP contribution < -0.4 is 16.6 Å². The number of nitrogens with one attached hydrogen (secondary N) is 2. The number of H-pyrrole nitrogens is 1. The van der Waals surface area contributed by atoms with E-state index in [1.54, 1.807) is 0 Å². The number of esters is 1. The van der Waals surface area contributed by atoms with E-state index in [2.05, 4.69) is 20.3 Å². The van der Waals surface area contributed by atoms with Crippen molar-refractivity contribution in [2.75, 3.05) is 17.7 Å². The number of aromatic nitrogens is 3. The number of hydrogen-bond donors (Lipinski definition) is 3. The second kappa shape index (κ2) is 6.30. The first-order valence-corrected chi connectivity index (χ1v) is 9.61. The predicted octanol–water partition coefficient (Wildman–Crippen LogP) is 2.53. The van der Waals surface area contributed by atoms with Crippen LogP contribution in [0.4, 0.5) is 11.8 Å². The van der Waals surface area contributed by atoms with Crippen LogP contribution in [0.3, 0.4) is 0 Å². The first kappa shape index (κ1) is 17.5. The Morgan fingerprint density at radius 2 is 1.84 bits per heavy atom. The molecule has 0 spiro atoms. The zero-order valence-corrected chi connectivity index (χ0v) is 16.0. The van der Waals surface area contributed by atoms with Crippen molar-refractivity contribution in [3.05, 3.63) is 81.3 Å². The van der Waals surface area contributed by atoms with E-state index in [-0.39, 0.29) is 12.6 Å². The van der Waals surface area contributed by atoms with Gasteiger partial charge in [0.25, 0.3) is 5.56 Å². The second-order valence-corrected chi connectivity index (χ2v) is 7.35. The number of ether oxygens (including phenoxy) is 1. The second-order valence-electron chi connectivity index (χ2n) is 7.35. The van der Waals surface area contributed by atoms with E-state index >= 15 is 0 Å². The third-order valence-electron chi connectivity index (χ3n) is 5.50. The van der Waals surface area contributed by atoms with Crippen LogP contribution in [0.5, 0.6) is 0 Å². The van der Waals surface area contributed by atoms with Gasteiger partial charge >= 0.3 is 5.97 Å². The number of fused-ring (bicyclic) bond motifs is 2. The maximum absolute atomic E-state index is 12.7. The fourth-order valence-corrected chi connectivity index (χ4v) is 4.11. The molecule has 9 heteroatoms. The van der Waals surface area contributed by atoms with Gasteiger partial charge in [-0.1, -0.05) is 24.3 Å². The smallest absolute Gasteiger partial charge is 0.337 e. The average molecular weight is 413 g/mol. The molecule has 4 heterocycles. The minimum absolute atomic E-state index is 0.00407. The van der Waals surface area contributed by atoms with Crippen LogP contribution in [0.15, 0.2) is 69.0 Å². The summed E-state index contributed by atoms with van der Waals surface area (Å²) >= 11 is 0. The molecule has 31 heavy (non-hydrogen) atoms. The highest BCUT2D eigenvalue weighted by Gasteiger charge is 2.40. The van der Waals surface area contributed by atoms with Crippen molar-refractivity contribution in [1.82, 2.24) is 15.0 Å². The lowest BCUT2D eigenvalue weighted by atomic mass is 9.82. The number of nitrogens with two attached hydrogens (primary N) is 1. The fourth-order valence-electron chi connectivity index (χ4n) is 4.11. The van der Waals surface area contributed by atoms with Crippen molar-refractivity contribution in [2.45, 2.75) is 5.92 Å². The van der Waals surface area contributed by atoms with Crippen molar-refractivity contribution >= 4 is 28.8 Å². The maximum atomic E-state index is 12.7. The Labute approximate surface area is 174 Å². The Kier molecular flexibility index (Phi) is 3.55. The summed E-state index contributed by atoms with van der Waals surface area (Å²) in [5.41, 5.74) is 9.60. The van der Waals surface area contributed by atoms with Gasteiger partial charge in [-0.3, -0.25) is 9.78 Å². The average Bonchev–Trinajstić information content (AvgIpc) is 3.36. The number of rotatable bonds is 2. The van der Waals surface area contributed by atoms with Gasteiger partial charge in [0.05, 0.1) is 22.8 Å². The molecule has 4 N–H and O–H groups in total. The summed E-state index contributed by atoms with van der Waals surface area (Å²) in [5.74, 6) is -0.277. The maximum Gasteiger partial charge on any atom is 0.337 e. The molecule has 2 aromatic carbocycles. The lowest BCUT2D eigenvalue weighted by molar-refractivity contribution is -0.136. The number of nitrogen functional groups attached to an aromatic ring is 1. The van der Waals surface area contributed by atoms with Crippen LogP contribution in [-0.4, -0.2) is 27.5 Å². The van der Waals surface area contributed by atoms with Gasteiger partial charge in [-0.15, -0.1) is 0 Å². The molecule has 0 radical (unpaired) electrons. The standard InChI is InChI=1S/C22H15N5O4/c23-22-26-18-17(19(28)27-22)15(16-13(24-18)9-30-21(16)29)10-5-7-11(8-6-10)20-25-12-3-1-2-4-14(12)31-20/h1-8,15H,9H2,(H4,23,24,26,27,28). The first-order valence-electron chi connectivity index (χ1n) is 9.61. The van der Waals surface area contributed by atoms with E-state index in [9.17, 15) is 9.59 Å². The third-order valence-corrected chi connectivity index (χ3v) is 5.50. The third kappa shape index (κ3) is 2.63. The van der Waals surface area contributed by atoms with Gasteiger partial charge < -0.3 is 20.2 Å². The van der Waals surface area contributed by atoms with Crippen molar-refractivity contribution < 1.29 is 13.9 Å². The molecule has 152 valence electrons. The molecule has 0 bridgehead atoms. The van der Waals surface area contributed by atoms with Gasteiger partial charge in [-0.05, 0) is 29.8 Å². The van der Waals surface area contributed by atoms with Gasteiger partial charge in [-0.25, -0.2) is 9.78 Å². The molecule has 0 saturated heterocycles. The van der Waals surface area contributed by atoms with Gasteiger partial charge in [0.15, 0.2) is 5.58 Å². The van der Waals surface area contributed by atoms with Crippen molar-refractivity contribution in [3.63, 3.8) is 0 Å². The largest absolute Gasteiger partial charge is 0.456 e. The summed E-state index contributed by atoms with van der Waals surface area (Å²) in [6.45, 7) is 0.0967. The molecule has 9 nitrogen and oxygen atoms in total. The summed E-state index contributed by atoms with van der Waals surface area (Å²) in [7, 11) is 0. The quantitative estimate of drug-likeness (QED) is 0.427. The number of oxazole rings is 1. The lowest BCUT2D eigenvalue weighted by Crippen LogP contribution is -2.29. The van der Waals surface area contributed by atoms with Crippen LogP contribution in [0.2, 0.25) is 0 Å². The van der Waals surface area contributed by atoms with E-state index in [0.717, 1.165) is 16.6 Å². The van der Waals surface area contributed by atoms with Crippen LogP contribution in [0.25, 0.3) is 22.6 Å². The number of anilines is 2. The molecule has 4 aromatic rings. The molecule has 2 aliphatic heterocycles. The Morgan fingerprint density at radius 1 is 1.03 bits per heavy atom. The van der Waals surface area contributed by atoms with Crippen molar-refractivity contribution in [3.8, 4) is 11.5 Å². The highest BCUT2D eigenvalue weighted by molar-refractivity contribution is 5.97. The van der Waals surface area contributed by atoms with Crippen LogP contribution in [-0.2, 0) is 9.53 Å². The van der Waals surface area contributed by atoms with E-state index in [4.69, 9.17) is 14.9 Å². The molecule has 1 unspecified atom stereocenters. The van der Waals surface area contributed by atoms with E-state index in [1.165, 1.54) is 0 Å². The minimum atomic E-state index is -0.629. The highest BCUT2D eigenvalue weighted by atomic mass is 16.5. The summed E-state index contributed by atoms with van der Waals surface area (Å²) in [6.07, 6.45) is 0. The van der Waals surface area contributed by atoms with Crippen LogP contribution in [0.1, 0.15) is 17.0 Å². The van der Waals surface area contributed by atoms with Crippen LogP contribution >= 0.6 is 0 Å². The van der Waals surface area contributed by atoms with Crippen molar-refractivity contribution in [1.29, 1.82) is 0 Å². The Balaban J connectivity index is 1.47. The summed E-state index contributed by atoms with van der Waals surface area (Å²) < 4.78 is 11.0. The normalized spacial score (nSPS) is 17.3. The number of aromatic amines is 1. The summed E-state index contributed by atoms with van der Waals surface area (Å²) in [5, 5.41) is 3.02. The van der Waals surface area contributed by atoms with E-state index in [0.29, 0.717) is 34.1 Å². The lowest BCUT2D eigenvalue weighted by Gasteiger charge is -2.25. The number of hydrogen-bond acceptors (Lipinski definition) is 8. The predicted molar refractivity (Wildman–Crippen MR) is 112 cm³/mol.